The van der Waals surface area contributed by atoms with Crippen LogP contribution in [0.15, 0.2) is 18.6 Å². The van der Waals surface area contributed by atoms with Crippen LogP contribution >= 0.6 is 11.3 Å². The fourth-order valence-corrected chi connectivity index (χ4v) is 2.38. The van der Waals surface area contributed by atoms with Crippen molar-refractivity contribution in [1.82, 2.24) is 15.0 Å². The van der Waals surface area contributed by atoms with Gasteiger partial charge < -0.3 is 5.11 Å². The summed E-state index contributed by atoms with van der Waals surface area (Å²) >= 11 is 1.58. The van der Waals surface area contributed by atoms with Crippen molar-refractivity contribution in [1.29, 1.82) is 0 Å². The van der Waals surface area contributed by atoms with Gasteiger partial charge in [0, 0.05) is 28.9 Å². The zero-order valence-corrected chi connectivity index (χ0v) is 12.3. The molecule has 5 nitrogen and oxygen atoms in total. The van der Waals surface area contributed by atoms with E-state index in [0.29, 0.717) is 5.69 Å². The van der Waals surface area contributed by atoms with E-state index in [0.717, 1.165) is 9.88 Å². The summed E-state index contributed by atoms with van der Waals surface area (Å²) in [6.07, 6.45) is 8.07. The van der Waals surface area contributed by atoms with E-state index in [1.807, 2.05) is 6.08 Å². The van der Waals surface area contributed by atoms with Gasteiger partial charge in [0.05, 0.1) is 10.7 Å². The number of aromatic nitrogens is 3. The molecule has 0 bridgehead atoms. The maximum atomic E-state index is 11.0. The molecule has 0 saturated heterocycles. The number of carboxylic acids is 1. The minimum Gasteiger partial charge on any atom is -0.476 e. The van der Waals surface area contributed by atoms with Crippen molar-refractivity contribution in [2.45, 2.75) is 26.2 Å². The smallest absolute Gasteiger partial charge is 0.356 e. The van der Waals surface area contributed by atoms with Crippen LogP contribution in [0.3, 0.4) is 0 Å². The number of rotatable bonds is 3. The monoisotopic (exact) mass is 289 g/mol. The quantitative estimate of drug-likeness (QED) is 0.939. The first kappa shape index (κ1) is 14.3. The highest BCUT2D eigenvalue weighted by molar-refractivity contribution is 7.12. The third kappa shape index (κ3) is 3.27. The molecule has 2 aromatic heterocycles. The van der Waals surface area contributed by atoms with E-state index < -0.39 is 5.97 Å². The van der Waals surface area contributed by atoms with Crippen molar-refractivity contribution < 1.29 is 9.90 Å². The number of hydrogen-bond donors (Lipinski definition) is 1. The van der Waals surface area contributed by atoms with Gasteiger partial charge in [-0.3, -0.25) is 4.98 Å². The fraction of sp³-hybridized carbons (Fsp3) is 0.286. The third-order valence-electron chi connectivity index (χ3n) is 2.50. The van der Waals surface area contributed by atoms with Crippen LogP contribution in [0.2, 0.25) is 0 Å². The van der Waals surface area contributed by atoms with E-state index in [2.05, 4.69) is 35.7 Å². The minimum absolute atomic E-state index is 0.00946. The first-order chi connectivity index (χ1) is 9.38. The van der Waals surface area contributed by atoms with E-state index >= 15 is 0 Å². The van der Waals surface area contributed by atoms with Gasteiger partial charge in [0.15, 0.2) is 5.69 Å². The Bertz CT molecular complexity index is 656. The molecule has 0 spiro atoms. The van der Waals surface area contributed by atoms with Gasteiger partial charge in [-0.15, -0.1) is 11.3 Å². The molecule has 2 aromatic rings. The summed E-state index contributed by atoms with van der Waals surface area (Å²) < 4.78 is 0. The van der Waals surface area contributed by atoms with Crippen LogP contribution in [-0.2, 0) is 5.41 Å². The summed E-state index contributed by atoms with van der Waals surface area (Å²) in [6, 6.07) is 0. The lowest BCUT2D eigenvalue weighted by molar-refractivity contribution is 0.0689. The molecule has 2 rings (SSSR count). The zero-order chi connectivity index (χ0) is 14.8. The standard InChI is InChI=1S/C14H15N3O2S/c1-14(2,3)13-17-8-9(20-13)4-5-10-11(12(18)19)16-7-6-15-10/h4-8H,1-3H3,(H,18,19)/b5-4+. The highest BCUT2D eigenvalue weighted by Crippen LogP contribution is 2.27. The second-order valence-electron chi connectivity index (χ2n) is 5.25. The van der Waals surface area contributed by atoms with Gasteiger partial charge >= 0.3 is 5.97 Å². The number of carbonyl (C=O) groups is 1. The van der Waals surface area contributed by atoms with Gasteiger partial charge in [-0.25, -0.2) is 14.8 Å². The molecule has 20 heavy (non-hydrogen) atoms. The molecule has 0 atom stereocenters. The van der Waals surface area contributed by atoms with Gasteiger partial charge in [-0.05, 0) is 12.2 Å². The molecule has 0 aliphatic rings. The predicted molar refractivity (Wildman–Crippen MR) is 78.7 cm³/mol. The Labute approximate surface area is 121 Å². The second-order valence-corrected chi connectivity index (χ2v) is 6.31. The van der Waals surface area contributed by atoms with Gasteiger partial charge in [0.25, 0.3) is 0 Å². The van der Waals surface area contributed by atoms with Crippen molar-refractivity contribution in [2.75, 3.05) is 0 Å². The summed E-state index contributed by atoms with van der Waals surface area (Å²) in [5, 5.41) is 10.1. The Kier molecular flexibility index (Phi) is 3.94. The Morgan fingerprint density at radius 3 is 2.50 bits per heavy atom. The van der Waals surface area contributed by atoms with Crippen molar-refractivity contribution in [3.05, 3.63) is 39.9 Å². The summed E-state index contributed by atoms with van der Waals surface area (Å²) in [5.74, 6) is -1.09. The lowest BCUT2D eigenvalue weighted by Gasteiger charge is -2.13. The lowest BCUT2D eigenvalue weighted by Crippen LogP contribution is -2.09. The van der Waals surface area contributed by atoms with E-state index in [9.17, 15) is 4.79 Å². The number of hydrogen-bond acceptors (Lipinski definition) is 5. The van der Waals surface area contributed by atoms with Gasteiger partial charge in [0.2, 0.25) is 0 Å². The Morgan fingerprint density at radius 2 is 1.90 bits per heavy atom. The van der Waals surface area contributed by atoms with E-state index in [-0.39, 0.29) is 11.1 Å². The normalized spacial score (nSPS) is 11.9. The highest BCUT2D eigenvalue weighted by Gasteiger charge is 2.17. The van der Waals surface area contributed by atoms with Crippen molar-refractivity contribution >= 4 is 29.5 Å². The zero-order valence-electron chi connectivity index (χ0n) is 11.5. The SMILES string of the molecule is CC(C)(C)c1ncc(/C=C/c2nccnc2C(=O)O)s1. The van der Waals surface area contributed by atoms with Crippen LogP contribution in [0.25, 0.3) is 12.2 Å². The maximum absolute atomic E-state index is 11.0. The van der Waals surface area contributed by atoms with Crippen LogP contribution in [0.5, 0.6) is 0 Å². The maximum Gasteiger partial charge on any atom is 0.356 e. The van der Waals surface area contributed by atoms with Crippen molar-refractivity contribution in [3.63, 3.8) is 0 Å². The molecule has 0 aromatic carbocycles. The third-order valence-corrected chi connectivity index (χ3v) is 3.89. The summed E-state index contributed by atoms with van der Waals surface area (Å²) in [4.78, 5) is 24.2. The molecule has 0 amide bonds. The van der Waals surface area contributed by atoms with Crippen molar-refractivity contribution in [2.24, 2.45) is 0 Å². The number of aromatic carboxylic acids is 1. The first-order valence-electron chi connectivity index (χ1n) is 6.06. The van der Waals surface area contributed by atoms with Gasteiger partial charge in [-0.2, -0.15) is 0 Å². The molecular formula is C14H15N3O2S. The summed E-state index contributed by atoms with van der Waals surface area (Å²) in [7, 11) is 0. The average Bonchev–Trinajstić information content (AvgIpc) is 2.85. The molecule has 1 N–H and O–H groups in total. The molecule has 0 fully saturated rings. The van der Waals surface area contributed by atoms with E-state index in [1.54, 1.807) is 23.6 Å². The Hall–Kier alpha value is -2.08. The molecule has 104 valence electrons. The van der Waals surface area contributed by atoms with Crippen LogP contribution in [0.1, 0.15) is 46.8 Å². The molecule has 0 unspecified atom stereocenters. The van der Waals surface area contributed by atoms with Crippen LogP contribution in [0, 0.1) is 0 Å². The molecule has 6 heteroatoms. The van der Waals surface area contributed by atoms with Gasteiger partial charge in [0.1, 0.15) is 0 Å². The molecule has 0 aliphatic carbocycles. The Morgan fingerprint density at radius 1 is 1.20 bits per heavy atom. The van der Waals surface area contributed by atoms with Crippen LogP contribution in [-0.4, -0.2) is 26.0 Å². The highest BCUT2D eigenvalue weighted by atomic mass is 32.1. The minimum atomic E-state index is -1.09. The fourth-order valence-electron chi connectivity index (χ4n) is 1.51. The lowest BCUT2D eigenvalue weighted by atomic mass is 9.98. The largest absolute Gasteiger partial charge is 0.476 e. The predicted octanol–water partition coefficient (Wildman–Crippen LogP) is 3.10. The van der Waals surface area contributed by atoms with Crippen molar-refractivity contribution in [3.8, 4) is 0 Å². The molecular weight excluding hydrogens is 274 g/mol. The summed E-state index contributed by atoms with van der Waals surface area (Å²) in [5.41, 5.74) is 0.297. The Balaban J connectivity index is 2.26. The van der Waals surface area contributed by atoms with Crippen LogP contribution < -0.4 is 0 Å². The van der Waals surface area contributed by atoms with Crippen LogP contribution in [0.4, 0.5) is 0 Å². The summed E-state index contributed by atoms with van der Waals surface area (Å²) in [6.45, 7) is 6.31. The van der Waals surface area contributed by atoms with Gasteiger partial charge in [-0.1, -0.05) is 20.8 Å². The number of thiazole rings is 1. The van der Waals surface area contributed by atoms with E-state index in [4.69, 9.17) is 5.11 Å². The van der Waals surface area contributed by atoms with E-state index in [1.165, 1.54) is 12.4 Å². The molecule has 0 radical (unpaired) electrons. The number of carboxylic acid groups (broad SMARTS) is 1. The molecule has 2 heterocycles. The topological polar surface area (TPSA) is 76.0 Å². The number of nitrogens with zero attached hydrogens (tertiary/aromatic N) is 3. The molecule has 0 saturated carbocycles. The molecule has 0 aliphatic heterocycles. The first-order valence-corrected chi connectivity index (χ1v) is 6.88. The average molecular weight is 289 g/mol. The second kappa shape index (κ2) is 5.50.